The summed E-state index contributed by atoms with van der Waals surface area (Å²) >= 11 is 0. The standard InChI is InChI=1S/C13H22F3NO3/c14-13(15,16)9-3-1-8(2-4-9)5-17-6-10(18)12(20)11(19)7-17/h8-12,18-20H,1-7H2. The lowest BCUT2D eigenvalue weighted by molar-refractivity contribution is -0.184. The number of hydrogen-bond donors (Lipinski definition) is 3. The van der Waals surface area contributed by atoms with Crippen LogP contribution in [0.1, 0.15) is 25.7 Å². The molecule has 1 saturated carbocycles. The van der Waals surface area contributed by atoms with Crippen LogP contribution in [-0.2, 0) is 0 Å². The summed E-state index contributed by atoms with van der Waals surface area (Å²) in [5.41, 5.74) is 0. The Bertz CT molecular complexity index is 306. The molecule has 0 aromatic carbocycles. The van der Waals surface area contributed by atoms with Crippen LogP contribution in [0, 0.1) is 11.8 Å². The molecule has 4 nitrogen and oxygen atoms in total. The van der Waals surface area contributed by atoms with Crippen molar-refractivity contribution in [1.82, 2.24) is 4.90 Å². The fourth-order valence-electron chi connectivity index (χ4n) is 3.26. The van der Waals surface area contributed by atoms with Crippen molar-refractivity contribution in [2.75, 3.05) is 19.6 Å². The lowest BCUT2D eigenvalue weighted by atomic mass is 9.81. The first-order chi connectivity index (χ1) is 9.27. The molecule has 2 fully saturated rings. The van der Waals surface area contributed by atoms with E-state index < -0.39 is 30.4 Å². The van der Waals surface area contributed by atoms with Crippen LogP contribution >= 0.6 is 0 Å². The number of halogens is 3. The minimum absolute atomic E-state index is 0.162. The van der Waals surface area contributed by atoms with Gasteiger partial charge in [0.2, 0.25) is 0 Å². The topological polar surface area (TPSA) is 63.9 Å². The molecule has 1 aliphatic carbocycles. The second-order valence-corrected chi connectivity index (χ2v) is 6.10. The number of alkyl halides is 3. The van der Waals surface area contributed by atoms with Gasteiger partial charge < -0.3 is 15.3 Å². The molecule has 1 aliphatic heterocycles. The maximum absolute atomic E-state index is 12.6. The Morgan fingerprint density at radius 3 is 1.85 bits per heavy atom. The van der Waals surface area contributed by atoms with Crippen molar-refractivity contribution in [3.8, 4) is 0 Å². The number of aliphatic hydroxyl groups is 3. The molecule has 2 atom stereocenters. The van der Waals surface area contributed by atoms with E-state index in [-0.39, 0.29) is 31.8 Å². The third-order valence-electron chi connectivity index (χ3n) is 4.51. The van der Waals surface area contributed by atoms with Crippen molar-refractivity contribution in [2.24, 2.45) is 11.8 Å². The average molecular weight is 297 g/mol. The van der Waals surface area contributed by atoms with E-state index in [1.165, 1.54) is 0 Å². The zero-order valence-electron chi connectivity index (χ0n) is 11.3. The highest BCUT2D eigenvalue weighted by atomic mass is 19.4. The van der Waals surface area contributed by atoms with Crippen LogP contribution in [0.5, 0.6) is 0 Å². The zero-order valence-corrected chi connectivity index (χ0v) is 11.3. The molecule has 118 valence electrons. The molecular weight excluding hydrogens is 275 g/mol. The van der Waals surface area contributed by atoms with Gasteiger partial charge in [-0.1, -0.05) is 0 Å². The number of aliphatic hydroxyl groups excluding tert-OH is 3. The highest BCUT2D eigenvalue weighted by molar-refractivity contribution is 4.88. The molecule has 0 bridgehead atoms. The van der Waals surface area contributed by atoms with Crippen LogP contribution in [0.15, 0.2) is 0 Å². The number of nitrogens with zero attached hydrogens (tertiary/aromatic N) is 1. The molecule has 0 aromatic rings. The van der Waals surface area contributed by atoms with Gasteiger partial charge in [0.1, 0.15) is 6.10 Å². The molecule has 7 heteroatoms. The largest absolute Gasteiger partial charge is 0.391 e. The van der Waals surface area contributed by atoms with E-state index in [0.29, 0.717) is 19.4 Å². The Balaban J connectivity index is 1.78. The lowest BCUT2D eigenvalue weighted by Gasteiger charge is -2.39. The zero-order chi connectivity index (χ0) is 14.9. The number of likely N-dealkylation sites (tertiary alicyclic amines) is 1. The maximum atomic E-state index is 12.6. The summed E-state index contributed by atoms with van der Waals surface area (Å²) in [6, 6.07) is 0. The third-order valence-corrected chi connectivity index (χ3v) is 4.51. The van der Waals surface area contributed by atoms with Gasteiger partial charge in [0.15, 0.2) is 0 Å². The SMILES string of the molecule is OC1CN(CC2CCC(C(F)(F)F)CC2)CC(O)C1O. The molecule has 1 heterocycles. The van der Waals surface area contributed by atoms with Crippen molar-refractivity contribution in [3.05, 3.63) is 0 Å². The predicted octanol–water partition coefficient (Wildman–Crippen LogP) is 0.753. The van der Waals surface area contributed by atoms with E-state index in [4.69, 9.17) is 0 Å². The monoisotopic (exact) mass is 297 g/mol. The number of piperidine rings is 1. The van der Waals surface area contributed by atoms with E-state index in [2.05, 4.69) is 0 Å². The second-order valence-electron chi connectivity index (χ2n) is 6.10. The number of rotatable bonds is 2. The van der Waals surface area contributed by atoms with Gasteiger partial charge in [-0.25, -0.2) is 0 Å². The lowest BCUT2D eigenvalue weighted by Crippen LogP contribution is -2.56. The highest BCUT2D eigenvalue weighted by Gasteiger charge is 2.42. The summed E-state index contributed by atoms with van der Waals surface area (Å²) < 4.78 is 37.7. The predicted molar refractivity (Wildman–Crippen MR) is 66.0 cm³/mol. The summed E-state index contributed by atoms with van der Waals surface area (Å²) in [7, 11) is 0. The summed E-state index contributed by atoms with van der Waals surface area (Å²) in [6.07, 6.45) is -5.84. The van der Waals surface area contributed by atoms with E-state index in [9.17, 15) is 28.5 Å². The van der Waals surface area contributed by atoms with E-state index in [1.54, 1.807) is 0 Å². The smallest absolute Gasteiger partial charge is 0.389 e. The van der Waals surface area contributed by atoms with Crippen LogP contribution in [0.4, 0.5) is 13.2 Å². The van der Waals surface area contributed by atoms with Crippen molar-refractivity contribution in [1.29, 1.82) is 0 Å². The Morgan fingerprint density at radius 2 is 1.40 bits per heavy atom. The quantitative estimate of drug-likeness (QED) is 0.704. The Labute approximate surface area is 116 Å². The van der Waals surface area contributed by atoms with Crippen LogP contribution in [0.25, 0.3) is 0 Å². The second kappa shape index (κ2) is 6.17. The fourth-order valence-corrected chi connectivity index (χ4v) is 3.26. The average Bonchev–Trinajstić information content (AvgIpc) is 2.35. The normalized spacial score (nSPS) is 40.8. The molecular formula is C13H22F3NO3. The van der Waals surface area contributed by atoms with Gasteiger partial charge in [-0.05, 0) is 31.6 Å². The molecule has 0 amide bonds. The highest BCUT2D eigenvalue weighted by Crippen LogP contribution is 2.39. The first-order valence-corrected chi connectivity index (χ1v) is 7.10. The molecule has 0 aromatic heterocycles. The van der Waals surface area contributed by atoms with Gasteiger partial charge in [0.05, 0.1) is 18.1 Å². The maximum Gasteiger partial charge on any atom is 0.391 e. The molecule has 1 saturated heterocycles. The number of hydrogen-bond acceptors (Lipinski definition) is 4. The minimum Gasteiger partial charge on any atom is -0.389 e. The van der Waals surface area contributed by atoms with Crippen molar-refractivity contribution in [2.45, 2.75) is 50.2 Å². The van der Waals surface area contributed by atoms with Gasteiger partial charge in [-0.3, -0.25) is 4.90 Å². The molecule has 2 rings (SSSR count). The van der Waals surface area contributed by atoms with E-state index >= 15 is 0 Å². The van der Waals surface area contributed by atoms with Gasteiger partial charge in [0, 0.05) is 19.6 Å². The van der Waals surface area contributed by atoms with E-state index in [0.717, 1.165) is 0 Å². The summed E-state index contributed by atoms with van der Waals surface area (Å²) in [5.74, 6) is -1.01. The molecule has 2 unspecified atom stereocenters. The van der Waals surface area contributed by atoms with Crippen molar-refractivity contribution >= 4 is 0 Å². The molecule has 0 spiro atoms. The molecule has 20 heavy (non-hydrogen) atoms. The molecule has 3 N–H and O–H groups in total. The summed E-state index contributed by atoms with van der Waals surface area (Å²) in [4.78, 5) is 1.83. The first-order valence-electron chi connectivity index (χ1n) is 7.10. The molecule has 2 aliphatic rings. The first kappa shape index (κ1) is 16.0. The van der Waals surface area contributed by atoms with Crippen LogP contribution in [-0.4, -0.2) is 64.3 Å². The molecule has 0 radical (unpaired) electrons. The van der Waals surface area contributed by atoms with E-state index in [1.807, 2.05) is 4.90 Å². The minimum atomic E-state index is -4.09. The third kappa shape index (κ3) is 3.84. The van der Waals surface area contributed by atoms with Crippen LogP contribution < -0.4 is 0 Å². The number of β-amino-alcohol motifs (C(OH)–C–C–N with tert-alkyl or cyclic N) is 2. The Morgan fingerprint density at radius 1 is 0.900 bits per heavy atom. The summed E-state index contributed by atoms with van der Waals surface area (Å²) in [6.45, 7) is 1.10. The van der Waals surface area contributed by atoms with Gasteiger partial charge >= 0.3 is 6.18 Å². The Hall–Kier alpha value is -0.370. The summed E-state index contributed by atoms with van der Waals surface area (Å²) in [5, 5.41) is 28.6. The Kier molecular flexibility index (Phi) is 4.94. The van der Waals surface area contributed by atoms with Crippen LogP contribution in [0.3, 0.4) is 0 Å². The van der Waals surface area contributed by atoms with Gasteiger partial charge in [-0.2, -0.15) is 13.2 Å². The van der Waals surface area contributed by atoms with Gasteiger partial charge in [-0.15, -0.1) is 0 Å². The van der Waals surface area contributed by atoms with Gasteiger partial charge in [0.25, 0.3) is 0 Å². The van der Waals surface area contributed by atoms with Crippen molar-refractivity contribution in [3.63, 3.8) is 0 Å². The van der Waals surface area contributed by atoms with Crippen molar-refractivity contribution < 1.29 is 28.5 Å². The fraction of sp³-hybridized carbons (Fsp3) is 1.00. The van der Waals surface area contributed by atoms with Crippen LogP contribution in [0.2, 0.25) is 0 Å².